The molecule has 8 nitrogen and oxygen atoms in total. The van der Waals surface area contributed by atoms with E-state index in [1.807, 2.05) is 36.4 Å². The highest BCUT2D eigenvalue weighted by atomic mass is 16.2. The third-order valence-corrected chi connectivity index (χ3v) is 6.44. The lowest BCUT2D eigenvalue weighted by Gasteiger charge is -2.29. The predicted octanol–water partition coefficient (Wildman–Crippen LogP) is 5.45. The Labute approximate surface area is 220 Å². The number of carbonyl (C=O) groups is 3. The van der Waals surface area contributed by atoms with Gasteiger partial charge < -0.3 is 15.5 Å². The number of benzene rings is 3. The van der Waals surface area contributed by atoms with E-state index in [1.54, 1.807) is 42.7 Å². The van der Waals surface area contributed by atoms with Crippen molar-refractivity contribution >= 4 is 35.2 Å². The van der Waals surface area contributed by atoms with Crippen molar-refractivity contribution in [1.29, 1.82) is 0 Å². The molecule has 2 N–H and O–H groups in total. The molecule has 0 aliphatic carbocycles. The van der Waals surface area contributed by atoms with Gasteiger partial charge in [0.05, 0.1) is 29.3 Å². The van der Waals surface area contributed by atoms with E-state index in [-0.39, 0.29) is 0 Å². The molecule has 1 fully saturated rings. The number of nitrogens with one attached hydrogen (secondary N) is 2. The van der Waals surface area contributed by atoms with Gasteiger partial charge in [-0.05, 0) is 49.6 Å². The molecule has 0 unspecified atom stereocenters. The van der Waals surface area contributed by atoms with Crippen LogP contribution in [0.4, 0.5) is 17.1 Å². The Morgan fingerprint density at radius 1 is 0.789 bits per heavy atom. The number of amides is 2. The number of piperidine rings is 1. The first-order valence-corrected chi connectivity index (χ1v) is 12.5. The fourth-order valence-corrected chi connectivity index (χ4v) is 4.45. The molecular weight excluding hydrogens is 478 g/mol. The van der Waals surface area contributed by atoms with Crippen molar-refractivity contribution in [2.24, 2.45) is 0 Å². The minimum Gasteiger partial charge on any atom is -0.372 e. The molecule has 0 spiro atoms. The van der Waals surface area contributed by atoms with Crippen LogP contribution in [-0.2, 0) is 0 Å². The average molecular weight is 506 g/mol. The lowest BCUT2D eigenvalue weighted by Crippen LogP contribution is -2.29. The quantitative estimate of drug-likeness (QED) is 0.324. The zero-order valence-corrected chi connectivity index (χ0v) is 20.8. The molecule has 190 valence electrons. The molecule has 0 saturated carbocycles. The molecule has 3 aromatic carbocycles. The monoisotopic (exact) mass is 505 g/mol. The van der Waals surface area contributed by atoms with Crippen molar-refractivity contribution in [3.05, 3.63) is 102 Å². The van der Waals surface area contributed by atoms with Crippen LogP contribution in [0, 0.1) is 0 Å². The Bertz CT molecular complexity index is 1450. The molecule has 0 atom stereocenters. The summed E-state index contributed by atoms with van der Waals surface area (Å²) in [5.41, 5.74) is 3.65. The number of nitrogens with zero attached hydrogens (tertiary/aromatic N) is 3. The lowest BCUT2D eigenvalue weighted by molar-refractivity contribution is 0.102. The Morgan fingerprint density at radius 3 is 2.29 bits per heavy atom. The van der Waals surface area contributed by atoms with Crippen LogP contribution >= 0.6 is 0 Å². The van der Waals surface area contributed by atoms with Crippen LogP contribution in [0.15, 0.2) is 85.2 Å². The van der Waals surface area contributed by atoms with Crippen LogP contribution < -0.4 is 15.5 Å². The average Bonchev–Trinajstić information content (AvgIpc) is 2.98. The maximum Gasteiger partial charge on any atom is 0.257 e. The van der Waals surface area contributed by atoms with Gasteiger partial charge in [-0.3, -0.25) is 14.4 Å². The van der Waals surface area contributed by atoms with Gasteiger partial charge in [0.2, 0.25) is 0 Å². The van der Waals surface area contributed by atoms with Crippen LogP contribution in [0.1, 0.15) is 50.3 Å². The van der Waals surface area contributed by atoms with Crippen LogP contribution in [-0.4, -0.2) is 41.2 Å². The van der Waals surface area contributed by atoms with Gasteiger partial charge in [-0.2, -0.15) is 0 Å². The molecular formula is C30H27N5O3. The molecule has 5 rings (SSSR count). The van der Waals surface area contributed by atoms with Gasteiger partial charge in [0, 0.05) is 35.5 Å². The molecule has 0 radical (unpaired) electrons. The van der Waals surface area contributed by atoms with Crippen LogP contribution in [0.5, 0.6) is 0 Å². The topological polar surface area (TPSA) is 104 Å². The van der Waals surface area contributed by atoms with Crippen molar-refractivity contribution < 1.29 is 14.4 Å². The normalized spacial score (nSPS) is 13.0. The fourth-order valence-electron chi connectivity index (χ4n) is 4.45. The first-order valence-electron chi connectivity index (χ1n) is 12.5. The summed E-state index contributed by atoms with van der Waals surface area (Å²) in [4.78, 5) is 48.6. The highest BCUT2D eigenvalue weighted by molar-refractivity contribution is 6.13. The smallest absolute Gasteiger partial charge is 0.257 e. The van der Waals surface area contributed by atoms with E-state index in [0.717, 1.165) is 37.2 Å². The molecule has 1 aliphatic heterocycles. The van der Waals surface area contributed by atoms with E-state index in [9.17, 15) is 14.4 Å². The number of aldehydes is 1. The van der Waals surface area contributed by atoms with Crippen molar-refractivity contribution in [2.75, 3.05) is 28.6 Å². The number of hydrogen-bond donors (Lipinski definition) is 2. The number of aromatic nitrogens is 2. The Kier molecular flexibility index (Phi) is 7.49. The number of anilines is 3. The number of rotatable bonds is 7. The molecule has 1 aromatic heterocycles. The summed E-state index contributed by atoms with van der Waals surface area (Å²) in [5, 5.41) is 5.70. The lowest BCUT2D eigenvalue weighted by atomic mass is 10.1. The van der Waals surface area contributed by atoms with E-state index in [1.165, 1.54) is 12.5 Å². The SMILES string of the molecule is O=Cc1cccc(C(=O)Nc2ccc(N3CCCCC3)cc2C(=O)Nc2cnc(-c3ccccc3)nc2)c1. The van der Waals surface area contributed by atoms with Gasteiger partial charge >= 0.3 is 0 Å². The maximum atomic E-state index is 13.5. The Hall–Kier alpha value is -4.85. The van der Waals surface area contributed by atoms with Gasteiger partial charge in [-0.15, -0.1) is 0 Å². The summed E-state index contributed by atoms with van der Waals surface area (Å²) >= 11 is 0. The van der Waals surface area contributed by atoms with Crippen molar-refractivity contribution in [2.45, 2.75) is 19.3 Å². The zero-order chi connectivity index (χ0) is 26.3. The second-order valence-corrected chi connectivity index (χ2v) is 9.09. The van der Waals surface area contributed by atoms with E-state index in [4.69, 9.17) is 0 Å². The van der Waals surface area contributed by atoms with Crippen LogP contribution in [0.3, 0.4) is 0 Å². The van der Waals surface area contributed by atoms with E-state index >= 15 is 0 Å². The third-order valence-electron chi connectivity index (χ3n) is 6.44. The van der Waals surface area contributed by atoms with Gasteiger partial charge in [0.15, 0.2) is 5.82 Å². The minimum absolute atomic E-state index is 0.320. The maximum absolute atomic E-state index is 13.5. The fraction of sp³-hybridized carbons (Fsp3) is 0.167. The Morgan fingerprint density at radius 2 is 1.55 bits per heavy atom. The van der Waals surface area contributed by atoms with Crippen LogP contribution in [0.25, 0.3) is 11.4 Å². The summed E-state index contributed by atoms with van der Waals surface area (Å²) < 4.78 is 0. The van der Waals surface area contributed by atoms with E-state index in [0.29, 0.717) is 40.2 Å². The van der Waals surface area contributed by atoms with E-state index < -0.39 is 11.8 Å². The minimum atomic E-state index is -0.413. The summed E-state index contributed by atoms with van der Waals surface area (Å²) in [5.74, 6) is -0.248. The van der Waals surface area contributed by atoms with Gasteiger partial charge in [-0.25, -0.2) is 9.97 Å². The largest absolute Gasteiger partial charge is 0.372 e. The molecule has 2 amide bonds. The molecule has 2 heterocycles. The Balaban J connectivity index is 1.41. The van der Waals surface area contributed by atoms with E-state index in [2.05, 4.69) is 25.5 Å². The zero-order valence-electron chi connectivity index (χ0n) is 20.8. The summed E-state index contributed by atoms with van der Waals surface area (Å²) in [6.45, 7) is 1.83. The van der Waals surface area contributed by atoms with Gasteiger partial charge in [0.25, 0.3) is 11.8 Å². The first-order chi connectivity index (χ1) is 18.6. The molecule has 38 heavy (non-hydrogen) atoms. The van der Waals surface area contributed by atoms with Gasteiger partial charge in [-0.1, -0.05) is 42.5 Å². The summed E-state index contributed by atoms with van der Waals surface area (Å²) in [7, 11) is 0. The standard InChI is InChI=1S/C30H27N5O3/c36-20-21-8-7-11-23(16-21)29(37)34-27-13-12-25(35-14-5-2-6-15-35)17-26(27)30(38)33-24-18-31-28(32-19-24)22-9-3-1-4-10-22/h1,3-4,7-13,16-20H,2,5-6,14-15H2,(H,33,38)(H,34,37). The first kappa shape index (κ1) is 24.8. The molecule has 4 aromatic rings. The molecule has 8 heteroatoms. The molecule has 1 aliphatic rings. The van der Waals surface area contributed by atoms with Crippen LogP contribution in [0.2, 0.25) is 0 Å². The molecule has 1 saturated heterocycles. The second kappa shape index (κ2) is 11.5. The highest BCUT2D eigenvalue weighted by Crippen LogP contribution is 2.27. The summed E-state index contributed by atoms with van der Waals surface area (Å²) in [6.07, 6.45) is 7.19. The molecule has 0 bridgehead atoms. The van der Waals surface area contributed by atoms with Gasteiger partial charge in [0.1, 0.15) is 6.29 Å². The summed E-state index contributed by atoms with van der Waals surface area (Å²) in [6, 6.07) is 21.4. The predicted molar refractivity (Wildman–Crippen MR) is 148 cm³/mol. The van der Waals surface area contributed by atoms with Crippen molar-refractivity contribution in [3.8, 4) is 11.4 Å². The highest BCUT2D eigenvalue weighted by Gasteiger charge is 2.19. The second-order valence-electron chi connectivity index (χ2n) is 9.09. The number of hydrogen-bond acceptors (Lipinski definition) is 6. The number of carbonyl (C=O) groups excluding carboxylic acids is 3. The third kappa shape index (κ3) is 5.75. The van der Waals surface area contributed by atoms with Crippen molar-refractivity contribution in [3.63, 3.8) is 0 Å². The van der Waals surface area contributed by atoms with Crippen molar-refractivity contribution in [1.82, 2.24) is 9.97 Å².